The van der Waals surface area contributed by atoms with E-state index < -0.39 is 0 Å². The van der Waals surface area contributed by atoms with Crippen LogP contribution in [0.5, 0.6) is 0 Å². The predicted octanol–water partition coefficient (Wildman–Crippen LogP) is 0.585. The molecule has 0 aliphatic carbocycles. The van der Waals surface area contributed by atoms with Gasteiger partial charge in [-0.15, -0.1) is 0 Å². The summed E-state index contributed by atoms with van der Waals surface area (Å²) < 4.78 is 0. The Kier molecular flexibility index (Phi) is 3.57. The Balaban J connectivity index is 1.39. The molecule has 3 rings (SSSR count). The van der Waals surface area contributed by atoms with Gasteiger partial charge in [-0.2, -0.15) is 0 Å². The highest BCUT2D eigenvalue weighted by atomic mass is 16.1. The number of piperidine rings is 1. The van der Waals surface area contributed by atoms with Gasteiger partial charge in [0.2, 0.25) is 5.91 Å². The zero-order valence-electron chi connectivity index (χ0n) is 11.3. The Morgan fingerprint density at radius 1 is 1.22 bits per heavy atom. The molecule has 0 aromatic rings. The second kappa shape index (κ2) is 5.17. The maximum atomic E-state index is 11.8. The zero-order valence-corrected chi connectivity index (χ0v) is 11.3. The molecule has 18 heavy (non-hydrogen) atoms. The highest BCUT2D eigenvalue weighted by Gasteiger charge is 2.38. The average molecular weight is 251 g/mol. The lowest BCUT2D eigenvalue weighted by molar-refractivity contribution is -0.122. The van der Waals surface area contributed by atoms with Crippen molar-refractivity contribution in [3.05, 3.63) is 0 Å². The minimum Gasteiger partial charge on any atom is -0.356 e. The van der Waals surface area contributed by atoms with Crippen LogP contribution in [0.25, 0.3) is 0 Å². The topological polar surface area (TPSA) is 44.4 Å². The largest absolute Gasteiger partial charge is 0.356 e. The molecule has 2 unspecified atom stereocenters. The summed E-state index contributed by atoms with van der Waals surface area (Å²) in [6.07, 6.45) is 5.99. The van der Waals surface area contributed by atoms with Crippen LogP contribution in [-0.2, 0) is 4.79 Å². The molecule has 3 aliphatic rings. The quantitative estimate of drug-likeness (QED) is 0.768. The predicted molar refractivity (Wildman–Crippen MR) is 71.3 cm³/mol. The van der Waals surface area contributed by atoms with Gasteiger partial charge < -0.3 is 15.5 Å². The summed E-state index contributed by atoms with van der Waals surface area (Å²) in [5.41, 5.74) is 0. The molecular weight excluding hydrogens is 226 g/mol. The molecule has 2 bridgehead atoms. The van der Waals surface area contributed by atoms with Crippen LogP contribution in [-0.4, -0.2) is 49.6 Å². The third-order valence-electron chi connectivity index (χ3n) is 5.12. The summed E-state index contributed by atoms with van der Waals surface area (Å²) in [5, 5.41) is 6.36. The maximum absolute atomic E-state index is 11.8. The molecule has 3 heterocycles. The normalized spacial score (nSPS) is 36.4. The van der Waals surface area contributed by atoms with Gasteiger partial charge in [-0.25, -0.2) is 0 Å². The van der Waals surface area contributed by atoms with Crippen molar-refractivity contribution in [2.24, 2.45) is 11.8 Å². The van der Waals surface area contributed by atoms with Crippen LogP contribution in [0.1, 0.15) is 32.1 Å². The van der Waals surface area contributed by atoms with Crippen LogP contribution in [0.3, 0.4) is 0 Å². The third-order valence-corrected chi connectivity index (χ3v) is 5.12. The molecular formula is C14H25N3O. The molecule has 0 spiro atoms. The zero-order chi connectivity index (χ0) is 12.5. The van der Waals surface area contributed by atoms with Crippen molar-refractivity contribution in [1.82, 2.24) is 15.5 Å². The van der Waals surface area contributed by atoms with E-state index in [0.717, 1.165) is 31.7 Å². The van der Waals surface area contributed by atoms with E-state index in [2.05, 4.69) is 22.6 Å². The first-order valence-electron chi connectivity index (χ1n) is 7.41. The SMILES string of the molecule is CN1C2CCC1CC(CNC(=O)CC1CNC1)C2. The van der Waals surface area contributed by atoms with E-state index in [4.69, 9.17) is 0 Å². The number of nitrogens with zero attached hydrogens (tertiary/aromatic N) is 1. The lowest BCUT2D eigenvalue weighted by Crippen LogP contribution is -2.46. The Labute approximate surface area is 109 Å². The van der Waals surface area contributed by atoms with E-state index in [9.17, 15) is 4.79 Å². The average Bonchev–Trinajstić information content (AvgIpc) is 2.54. The Hall–Kier alpha value is -0.610. The monoisotopic (exact) mass is 251 g/mol. The fourth-order valence-corrected chi connectivity index (χ4v) is 3.78. The highest BCUT2D eigenvalue weighted by Crippen LogP contribution is 2.36. The van der Waals surface area contributed by atoms with E-state index in [1.807, 2.05) is 0 Å². The Bertz CT molecular complexity index is 302. The third kappa shape index (κ3) is 2.54. The Morgan fingerprint density at radius 3 is 2.44 bits per heavy atom. The first-order valence-corrected chi connectivity index (χ1v) is 7.41. The van der Waals surface area contributed by atoms with Crippen LogP contribution < -0.4 is 10.6 Å². The second-order valence-corrected chi connectivity index (χ2v) is 6.42. The summed E-state index contributed by atoms with van der Waals surface area (Å²) in [4.78, 5) is 14.3. The maximum Gasteiger partial charge on any atom is 0.220 e. The summed E-state index contributed by atoms with van der Waals surface area (Å²) in [7, 11) is 2.26. The fourth-order valence-electron chi connectivity index (χ4n) is 3.78. The summed E-state index contributed by atoms with van der Waals surface area (Å²) in [5.74, 6) is 1.55. The molecule has 102 valence electrons. The number of fused-ring (bicyclic) bond motifs is 2. The smallest absolute Gasteiger partial charge is 0.220 e. The number of nitrogens with one attached hydrogen (secondary N) is 2. The van der Waals surface area contributed by atoms with Crippen LogP contribution in [0.15, 0.2) is 0 Å². The van der Waals surface area contributed by atoms with Gasteiger partial charge in [0.25, 0.3) is 0 Å². The van der Waals surface area contributed by atoms with Gasteiger partial charge in [0.05, 0.1) is 0 Å². The van der Waals surface area contributed by atoms with Crippen LogP contribution in [0, 0.1) is 11.8 Å². The Morgan fingerprint density at radius 2 is 1.89 bits per heavy atom. The first-order chi connectivity index (χ1) is 8.72. The van der Waals surface area contributed by atoms with E-state index >= 15 is 0 Å². The van der Waals surface area contributed by atoms with E-state index in [1.165, 1.54) is 25.7 Å². The molecule has 3 saturated heterocycles. The number of amides is 1. The van der Waals surface area contributed by atoms with Gasteiger partial charge in [-0.3, -0.25) is 4.79 Å². The minimum atomic E-state index is 0.257. The van der Waals surface area contributed by atoms with Gasteiger partial charge in [0, 0.05) is 25.0 Å². The molecule has 4 nitrogen and oxygen atoms in total. The molecule has 1 amide bonds. The molecule has 3 fully saturated rings. The van der Waals surface area contributed by atoms with Crippen molar-refractivity contribution < 1.29 is 4.79 Å². The van der Waals surface area contributed by atoms with Crippen molar-refractivity contribution in [2.45, 2.75) is 44.2 Å². The summed E-state index contributed by atoms with van der Waals surface area (Å²) in [6.45, 7) is 2.94. The molecule has 0 saturated carbocycles. The van der Waals surface area contributed by atoms with Crippen molar-refractivity contribution >= 4 is 5.91 Å². The first kappa shape index (κ1) is 12.4. The number of carbonyl (C=O) groups is 1. The van der Waals surface area contributed by atoms with Crippen LogP contribution in [0.2, 0.25) is 0 Å². The summed E-state index contributed by atoms with van der Waals surface area (Å²) >= 11 is 0. The summed E-state index contributed by atoms with van der Waals surface area (Å²) in [6, 6.07) is 1.56. The number of hydrogen-bond acceptors (Lipinski definition) is 3. The second-order valence-electron chi connectivity index (χ2n) is 6.42. The molecule has 2 N–H and O–H groups in total. The fraction of sp³-hybridized carbons (Fsp3) is 0.929. The van der Waals surface area contributed by atoms with E-state index in [-0.39, 0.29) is 5.91 Å². The molecule has 2 atom stereocenters. The lowest BCUT2D eigenvalue weighted by atomic mass is 9.91. The van der Waals surface area contributed by atoms with Crippen LogP contribution >= 0.6 is 0 Å². The van der Waals surface area contributed by atoms with Crippen molar-refractivity contribution in [2.75, 3.05) is 26.7 Å². The molecule has 0 radical (unpaired) electrons. The van der Waals surface area contributed by atoms with Gasteiger partial charge in [0.1, 0.15) is 0 Å². The van der Waals surface area contributed by atoms with Crippen molar-refractivity contribution in [3.8, 4) is 0 Å². The number of carbonyl (C=O) groups excluding carboxylic acids is 1. The number of hydrogen-bond donors (Lipinski definition) is 2. The van der Waals surface area contributed by atoms with Crippen LogP contribution in [0.4, 0.5) is 0 Å². The minimum absolute atomic E-state index is 0.257. The van der Waals surface area contributed by atoms with Gasteiger partial charge in [-0.1, -0.05) is 0 Å². The molecule has 0 aromatic carbocycles. The van der Waals surface area contributed by atoms with E-state index in [0.29, 0.717) is 18.3 Å². The van der Waals surface area contributed by atoms with Crippen molar-refractivity contribution in [3.63, 3.8) is 0 Å². The van der Waals surface area contributed by atoms with Gasteiger partial charge in [0.15, 0.2) is 0 Å². The lowest BCUT2D eigenvalue weighted by Gasteiger charge is -2.36. The molecule has 4 heteroatoms. The van der Waals surface area contributed by atoms with E-state index in [1.54, 1.807) is 0 Å². The van der Waals surface area contributed by atoms with Gasteiger partial charge >= 0.3 is 0 Å². The van der Waals surface area contributed by atoms with Crippen molar-refractivity contribution in [1.29, 1.82) is 0 Å². The standard InChI is InChI=1S/C14H25N3O/c1-17-12-2-3-13(17)5-10(4-12)9-16-14(18)6-11-7-15-8-11/h10-13,15H,2-9H2,1H3,(H,16,18). The highest BCUT2D eigenvalue weighted by molar-refractivity contribution is 5.76. The molecule has 3 aliphatic heterocycles. The number of rotatable bonds is 4. The molecule has 0 aromatic heterocycles. The van der Waals surface area contributed by atoms with Gasteiger partial charge in [-0.05, 0) is 57.7 Å².